The number of rotatable bonds is 7. The van der Waals surface area contributed by atoms with E-state index in [1.54, 1.807) is 18.2 Å². The van der Waals surface area contributed by atoms with Crippen molar-refractivity contribution in [3.8, 4) is 0 Å². The average Bonchev–Trinajstić information content (AvgIpc) is 2.98. The zero-order chi connectivity index (χ0) is 15.1. The Hall–Kier alpha value is -1.11. The van der Waals surface area contributed by atoms with Gasteiger partial charge in [-0.15, -0.1) is 0 Å². The lowest BCUT2D eigenvalue weighted by Crippen LogP contribution is -2.25. The average molecular weight is 357 g/mol. The van der Waals surface area contributed by atoms with Crippen LogP contribution >= 0.6 is 15.9 Å². The van der Waals surface area contributed by atoms with E-state index in [2.05, 4.69) is 21.2 Å². The van der Waals surface area contributed by atoms with Crippen molar-refractivity contribution in [2.75, 3.05) is 32.1 Å². The molecular weight excluding hydrogens is 336 g/mol. The third-order valence-electron chi connectivity index (χ3n) is 3.34. The molecule has 1 aromatic rings. The van der Waals surface area contributed by atoms with Crippen molar-refractivity contribution in [2.24, 2.45) is 0 Å². The van der Waals surface area contributed by atoms with Gasteiger partial charge >= 0.3 is 0 Å². The van der Waals surface area contributed by atoms with Crippen LogP contribution in [0.4, 0.5) is 5.69 Å². The largest absolute Gasteiger partial charge is 0.398 e. The molecule has 116 valence electrons. The van der Waals surface area contributed by atoms with Gasteiger partial charge in [-0.3, -0.25) is 4.79 Å². The van der Waals surface area contributed by atoms with Crippen molar-refractivity contribution in [2.45, 2.75) is 25.4 Å². The molecule has 0 bridgehead atoms. The Morgan fingerprint density at radius 2 is 2.38 bits per heavy atom. The predicted octanol–water partition coefficient (Wildman–Crippen LogP) is 2.35. The number of nitrogen functional groups attached to an aromatic ring is 1. The number of halogens is 1. The fourth-order valence-electron chi connectivity index (χ4n) is 2.15. The van der Waals surface area contributed by atoms with Crippen LogP contribution in [-0.4, -0.2) is 38.4 Å². The van der Waals surface area contributed by atoms with Crippen LogP contribution in [0.25, 0.3) is 0 Å². The SMILES string of the molecule is Nc1cc(C(=O)NCCCOCC2CCCO2)ccc1Br. The summed E-state index contributed by atoms with van der Waals surface area (Å²) in [5, 5.41) is 2.85. The van der Waals surface area contributed by atoms with E-state index >= 15 is 0 Å². The molecule has 1 aliphatic heterocycles. The number of nitrogens with two attached hydrogens (primary N) is 1. The minimum atomic E-state index is -0.117. The first-order valence-corrected chi connectivity index (χ1v) is 7.98. The maximum Gasteiger partial charge on any atom is 0.251 e. The molecule has 1 saturated heterocycles. The molecule has 1 unspecified atom stereocenters. The molecule has 1 fully saturated rings. The second kappa shape index (κ2) is 8.36. The van der Waals surface area contributed by atoms with E-state index in [4.69, 9.17) is 15.2 Å². The van der Waals surface area contributed by atoms with Crippen LogP contribution in [0, 0.1) is 0 Å². The van der Waals surface area contributed by atoms with E-state index in [0.29, 0.717) is 31.0 Å². The van der Waals surface area contributed by atoms with E-state index < -0.39 is 0 Å². The topological polar surface area (TPSA) is 73.6 Å². The Bertz CT molecular complexity index is 476. The Labute approximate surface area is 133 Å². The number of hydrogen-bond acceptors (Lipinski definition) is 4. The van der Waals surface area contributed by atoms with Gasteiger partial charge in [-0.2, -0.15) is 0 Å². The van der Waals surface area contributed by atoms with Gasteiger partial charge in [0.15, 0.2) is 0 Å². The van der Waals surface area contributed by atoms with Gasteiger partial charge in [-0.25, -0.2) is 0 Å². The van der Waals surface area contributed by atoms with Crippen molar-refractivity contribution in [3.05, 3.63) is 28.2 Å². The summed E-state index contributed by atoms with van der Waals surface area (Å²) >= 11 is 3.30. The van der Waals surface area contributed by atoms with Crippen LogP contribution in [-0.2, 0) is 9.47 Å². The Morgan fingerprint density at radius 1 is 1.52 bits per heavy atom. The number of carbonyl (C=O) groups excluding carboxylic acids is 1. The molecule has 0 radical (unpaired) electrons. The Balaban J connectivity index is 1.59. The van der Waals surface area contributed by atoms with E-state index in [1.807, 2.05) is 0 Å². The second-order valence-corrected chi connectivity index (χ2v) is 5.91. The number of benzene rings is 1. The molecule has 5 nitrogen and oxygen atoms in total. The molecule has 1 aromatic carbocycles. The highest BCUT2D eigenvalue weighted by Gasteiger charge is 2.15. The standard InChI is InChI=1S/C15H21BrN2O3/c16-13-5-4-11(9-14(13)17)15(19)18-6-2-7-20-10-12-3-1-8-21-12/h4-5,9,12H,1-3,6-8,10,17H2,(H,18,19). The van der Waals surface area contributed by atoms with Gasteiger partial charge in [-0.1, -0.05) is 0 Å². The summed E-state index contributed by atoms with van der Waals surface area (Å²) in [4.78, 5) is 11.9. The smallest absolute Gasteiger partial charge is 0.251 e. The van der Waals surface area contributed by atoms with Gasteiger partial charge in [0.2, 0.25) is 0 Å². The minimum Gasteiger partial charge on any atom is -0.398 e. The maximum atomic E-state index is 11.9. The molecule has 1 aliphatic rings. The monoisotopic (exact) mass is 356 g/mol. The quantitative estimate of drug-likeness (QED) is 0.580. The summed E-state index contributed by atoms with van der Waals surface area (Å²) < 4.78 is 11.8. The summed E-state index contributed by atoms with van der Waals surface area (Å²) in [7, 11) is 0. The van der Waals surface area contributed by atoms with Gasteiger partial charge in [0.1, 0.15) is 0 Å². The number of anilines is 1. The van der Waals surface area contributed by atoms with Crippen LogP contribution in [0.3, 0.4) is 0 Å². The van der Waals surface area contributed by atoms with Crippen LogP contribution in [0.5, 0.6) is 0 Å². The number of ether oxygens (including phenoxy) is 2. The van der Waals surface area contributed by atoms with Crippen molar-refractivity contribution in [3.63, 3.8) is 0 Å². The summed E-state index contributed by atoms with van der Waals surface area (Å²) in [5.41, 5.74) is 6.88. The van der Waals surface area contributed by atoms with Crippen molar-refractivity contribution >= 4 is 27.5 Å². The van der Waals surface area contributed by atoms with Gasteiger partial charge in [-0.05, 0) is 53.4 Å². The minimum absolute atomic E-state index is 0.117. The maximum absolute atomic E-state index is 11.9. The van der Waals surface area contributed by atoms with E-state index in [9.17, 15) is 4.79 Å². The molecule has 0 aliphatic carbocycles. The number of nitrogens with one attached hydrogen (secondary N) is 1. The first kappa shape index (κ1) is 16.3. The summed E-state index contributed by atoms with van der Waals surface area (Å²) in [6.45, 7) is 2.71. The predicted molar refractivity (Wildman–Crippen MR) is 85.3 cm³/mol. The zero-order valence-electron chi connectivity index (χ0n) is 11.9. The third-order valence-corrected chi connectivity index (χ3v) is 4.06. The van der Waals surface area contributed by atoms with Gasteiger partial charge in [0.25, 0.3) is 5.91 Å². The molecule has 1 atom stereocenters. The normalized spacial score (nSPS) is 17.9. The molecule has 3 N–H and O–H groups in total. The Morgan fingerprint density at radius 3 is 3.10 bits per heavy atom. The van der Waals surface area contributed by atoms with Gasteiger partial charge in [0, 0.05) is 35.5 Å². The van der Waals surface area contributed by atoms with Crippen molar-refractivity contribution in [1.82, 2.24) is 5.32 Å². The highest BCUT2D eigenvalue weighted by atomic mass is 79.9. The van der Waals surface area contributed by atoms with Gasteiger partial charge in [0.05, 0.1) is 12.7 Å². The second-order valence-electron chi connectivity index (χ2n) is 5.06. The van der Waals surface area contributed by atoms with E-state index in [-0.39, 0.29) is 12.0 Å². The molecular formula is C15H21BrN2O3. The molecule has 0 aromatic heterocycles. The molecule has 21 heavy (non-hydrogen) atoms. The zero-order valence-corrected chi connectivity index (χ0v) is 13.5. The lowest BCUT2D eigenvalue weighted by atomic mass is 10.2. The first-order valence-electron chi connectivity index (χ1n) is 7.19. The Kier molecular flexibility index (Phi) is 6.48. The van der Waals surface area contributed by atoms with Crippen LogP contribution < -0.4 is 11.1 Å². The number of hydrogen-bond donors (Lipinski definition) is 2. The van der Waals surface area contributed by atoms with Gasteiger partial charge < -0.3 is 20.5 Å². The lowest BCUT2D eigenvalue weighted by molar-refractivity contribution is 0.0166. The molecule has 2 rings (SSSR count). The first-order chi connectivity index (χ1) is 10.2. The summed E-state index contributed by atoms with van der Waals surface area (Å²) in [5.74, 6) is -0.117. The lowest BCUT2D eigenvalue weighted by Gasteiger charge is -2.10. The van der Waals surface area contributed by atoms with E-state index in [0.717, 1.165) is 30.3 Å². The van der Waals surface area contributed by atoms with E-state index in [1.165, 1.54) is 0 Å². The van der Waals surface area contributed by atoms with Crippen molar-refractivity contribution in [1.29, 1.82) is 0 Å². The summed E-state index contributed by atoms with van der Waals surface area (Å²) in [6.07, 6.45) is 3.25. The van der Waals surface area contributed by atoms with Crippen LogP contribution in [0.1, 0.15) is 29.6 Å². The molecule has 1 heterocycles. The van der Waals surface area contributed by atoms with Crippen molar-refractivity contribution < 1.29 is 14.3 Å². The highest BCUT2D eigenvalue weighted by molar-refractivity contribution is 9.10. The fraction of sp³-hybridized carbons (Fsp3) is 0.533. The molecule has 1 amide bonds. The molecule has 0 saturated carbocycles. The summed E-state index contributed by atoms with van der Waals surface area (Å²) in [6, 6.07) is 5.17. The third kappa shape index (κ3) is 5.30. The number of carbonyl (C=O) groups is 1. The van der Waals surface area contributed by atoms with Crippen LogP contribution in [0.2, 0.25) is 0 Å². The highest BCUT2D eigenvalue weighted by Crippen LogP contribution is 2.20. The molecule has 0 spiro atoms. The molecule has 6 heteroatoms. The number of amides is 1. The van der Waals surface area contributed by atoms with Crippen LogP contribution in [0.15, 0.2) is 22.7 Å². The fourth-order valence-corrected chi connectivity index (χ4v) is 2.40.